The molecule has 0 aromatic heterocycles. The van der Waals surface area contributed by atoms with Gasteiger partial charge in [-0.3, -0.25) is 9.59 Å². The number of nitrogens with one attached hydrogen (secondary N) is 2. The van der Waals surface area contributed by atoms with E-state index >= 15 is 0 Å². The lowest BCUT2D eigenvalue weighted by Gasteiger charge is -2.13. The Hall–Kier alpha value is -2.67. The van der Waals surface area contributed by atoms with Gasteiger partial charge in [0.15, 0.2) is 0 Å². The number of methoxy groups -OCH3 is 1. The molecule has 7 heteroatoms. The molecule has 2 amide bonds. The fourth-order valence-corrected chi connectivity index (χ4v) is 2.71. The number of hydrogen-bond acceptors (Lipinski definition) is 5. The van der Waals surface area contributed by atoms with Crippen molar-refractivity contribution in [3.63, 3.8) is 0 Å². The molecule has 0 saturated heterocycles. The van der Waals surface area contributed by atoms with E-state index in [2.05, 4.69) is 10.0 Å². The van der Waals surface area contributed by atoms with E-state index in [0.29, 0.717) is 6.41 Å². The van der Waals surface area contributed by atoms with E-state index in [1.54, 1.807) is 14.2 Å². The van der Waals surface area contributed by atoms with Crippen LogP contribution in [0.3, 0.4) is 0 Å². The number of hydrogen-bond donors (Lipinski definition) is 2. The molecule has 132 valence electrons. The van der Waals surface area contributed by atoms with Gasteiger partial charge in [0, 0.05) is 23.3 Å². The smallest absolute Gasteiger partial charge is 0.243 e. The largest absolute Gasteiger partial charge is 0.497 e. The number of nitrogens with zero attached hydrogens (tertiary/aromatic N) is 1. The number of carbonyl (C=O) groups is 2. The Kier molecular flexibility index (Phi) is 6.71. The van der Waals surface area contributed by atoms with E-state index < -0.39 is 0 Å². The van der Waals surface area contributed by atoms with E-state index in [-0.39, 0.29) is 12.5 Å². The zero-order valence-corrected chi connectivity index (χ0v) is 15.2. The van der Waals surface area contributed by atoms with Gasteiger partial charge in [0.2, 0.25) is 12.3 Å². The summed E-state index contributed by atoms with van der Waals surface area (Å²) >= 11 is 1.45. The van der Waals surface area contributed by atoms with Crippen LogP contribution in [0.5, 0.6) is 5.75 Å². The van der Waals surface area contributed by atoms with Crippen LogP contribution in [-0.4, -0.2) is 37.9 Å². The maximum absolute atomic E-state index is 11.9. The molecule has 0 aliphatic heterocycles. The van der Waals surface area contributed by atoms with Crippen LogP contribution in [-0.2, 0) is 9.59 Å². The molecular formula is C18H21N3O3S. The van der Waals surface area contributed by atoms with Crippen molar-refractivity contribution in [3.05, 3.63) is 48.0 Å². The topological polar surface area (TPSA) is 70.7 Å². The highest BCUT2D eigenvalue weighted by Gasteiger charge is 2.08. The minimum absolute atomic E-state index is 0.0183. The lowest BCUT2D eigenvalue weighted by molar-refractivity contribution is -0.124. The van der Waals surface area contributed by atoms with Gasteiger partial charge in [0.25, 0.3) is 0 Å². The average molecular weight is 359 g/mol. The summed E-state index contributed by atoms with van der Waals surface area (Å²) in [6.07, 6.45) is 0.623. The van der Waals surface area contributed by atoms with Gasteiger partial charge >= 0.3 is 0 Å². The molecule has 0 aliphatic rings. The molecule has 6 nitrogen and oxygen atoms in total. The van der Waals surface area contributed by atoms with Gasteiger partial charge in [-0.1, -0.05) is 6.07 Å². The van der Waals surface area contributed by atoms with Crippen LogP contribution >= 0.6 is 11.9 Å². The Labute approximate surface area is 151 Å². The molecule has 0 spiro atoms. The highest BCUT2D eigenvalue weighted by Crippen LogP contribution is 2.26. The van der Waals surface area contributed by atoms with Gasteiger partial charge in [-0.05, 0) is 60.8 Å². The highest BCUT2D eigenvalue weighted by molar-refractivity contribution is 8.00. The molecule has 0 fully saturated rings. The third kappa shape index (κ3) is 5.72. The SMILES string of the molecule is COc1ccc(NSc2ccc(C)c(NC(=O)CN(C)C=O)c2)cc1. The number of amides is 2. The molecule has 0 unspecified atom stereocenters. The molecule has 2 aromatic rings. The van der Waals surface area contributed by atoms with Crippen molar-refractivity contribution in [1.82, 2.24) is 4.90 Å². The van der Waals surface area contributed by atoms with Crippen LogP contribution in [0.25, 0.3) is 0 Å². The Morgan fingerprint density at radius 3 is 2.60 bits per heavy atom. The predicted octanol–water partition coefficient (Wildman–Crippen LogP) is 3.15. The summed E-state index contributed by atoms with van der Waals surface area (Å²) in [6.45, 7) is 1.94. The number of anilines is 2. The molecule has 0 heterocycles. The molecule has 0 aliphatic carbocycles. The normalized spacial score (nSPS) is 10.0. The van der Waals surface area contributed by atoms with Crippen molar-refractivity contribution in [2.75, 3.05) is 30.7 Å². The van der Waals surface area contributed by atoms with E-state index in [4.69, 9.17) is 4.74 Å². The van der Waals surface area contributed by atoms with Crippen LogP contribution in [0, 0.1) is 6.92 Å². The van der Waals surface area contributed by atoms with Gasteiger partial charge in [0.1, 0.15) is 5.75 Å². The Balaban J connectivity index is 1.99. The molecular weight excluding hydrogens is 338 g/mol. The van der Waals surface area contributed by atoms with Crippen LogP contribution in [0.2, 0.25) is 0 Å². The molecule has 0 saturated carbocycles. The van der Waals surface area contributed by atoms with Gasteiger partial charge in [-0.15, -0.1) is 0 Å². The van der Waals surface area contributed by atoms with Crippen molar-refractivity contribution in [1.29, 1.82) is 0 Å². The minimum atomic E-state index is -0.233. The Bertz CT molecular complexity index is 735. The van der Waals surface area contributed by atoms with E-state index in [0.717, 1.165) is 27.6 Å². The quantitative estimate of drug-likeness (QED) is 0.560. The van der Waals surface area contributed by atoms with E-state index in [9.17, 15) is 9.59 Å². The predicted molar refractivity (Wildman–Crippen MR) is 101 cm³/mol. The summed E-state index contributed by atoms with van der Waals surface area (Å²) in [6, 6.07) is 13.4. The second-order valence-corrected chi connectivity index (χ2v) is 6.36. The number of aryl methyl sites for hydroxylation is 1. The number of ether oxygens (including phenoxy) is 1. The van der Waals surface area contributed by atoms with Crippen molar-refractivity contribution >= 4 is 35.6 Å². The monoisotopic (exact) mass is 359 g/mol. The van der Waals surface area contributed by atoms with Crippen LogP contribution in [0.4, 0.5) is 11.4 Å². The lowest BCUT2D eigenvalue weighted by atomic mass is 10.2. The maximum Gasteiger partial charge on any atom is 0.243 e. The Morgan fingerprint density at radius 1 is 1.24 bits per heavy atom. The van der Waals surface area contributed by atoms with Crippen molar-refractivity contribution in [2.24, 2.45) is 0 Å². The molecule has 25 heavy (non-hydrogen) atoms. The van der Waals surface area contributed by atoms with Gasteiger partial charge in [0.05, 0.1) is 13.7 Å². The summed E-state index contributed by atoms with van der Waals surface area (Å²) in [5, 5.41) is 2.83. The fourth-order valence-electron chi connectivity index (χ4n) is 2.03. The second kappa shape index (κ2) is 8.98. The van der Waals surface area contributed by atoms with Crippen molar-refractivity contribution in [2.45, 2.75) is 11.8 Å². The lowest BCUT2D eigenvalue weighted by Crippen LogP contribution is -2.29. The Morgan fingerprint density at radius 2 is 1.96 bits per heavy atom. The van der Waals surface area contributed by atoms with Gasteiger partial charge in [-0.25, -0.2) is 0 Å². The molecule has 2 N–H and O–H groups in total. The molecule has 0 atom stereocenters. The molecule has 0 radical (unpaired) electrons. The zero-order valence-electron chi connectivity index (χ0n) is 14.4. The maximum atomic E-state index is 11.9. The fraction of sp³-hybridized carbons (Fsp3) is 0.222. The first kappa shape index (κ1) is 18.7. The highest BCUT2D eigenvalue weighted by atomic mass is 32.2. The first-order valence-corrected chi connectivity index (χ1v) is 8.46. The third-order valence-corrected chi connectivity index (χ3v) is 4.26. The summed E-state index contributed by atoms with van der Waals surface area (Å²) in [5.41, 5.74) is 2.63. The minimum Gasteiger partial charge on any atom is -0.497 e. The summed E-state index contributed by atoms with van der Waals surface area (Å²) in [5.74, 6) is 0.569. The van der Waals surface area contributed by atoms with E-state index in [1.165, 1.54) is 16.8 Å². The average Bonchev–Trinajstić information content (AvgIpc) is 2.62. The summed E-state index contributed by atoms with van der Waals surface area (Å²) in [7, 11) is 3.19. The second-order valence-electron chi connectivity index (χ2n) is 5.48. The molecule has 2 aromatic carbocycles. The van der Waals surface area contributed by atoms with Crippen molar-refractivity contribution < 1.29 is 14.3 Å². The number of rotatable bonds is 8. The van der Waals surface area contributed by atoms with Crippen LogP contribution in [0.1, 0.15) is 5.56 Å². The van der Waals surface area contributed by atoms with Crippen molar-refractivity contribution in [3.8, 4) is 5.75 Å². The van der Waals surface area contributed by atoms with E-state index in [1.807, 2.05) is 49.4 Å². The first-order chi connectivity index (χ1) is 12.0. The third-order valence-electron chi connectivity index (χ3n) is 3.43. The van der Waals surface area contributed by atoms with Crippen LogP contribution in [0.15, 0.2) is 47.4 Å². The van der Waals surface area contributed by atoms with Gasteiger partial charge in [-0.2, -0.15) is 0 Å². The number of likely N-dealkylation sites (N-methyl/N-ethyl adjacent to an activating group) is 1. The number of carbonyl (C=O) groups excluding carboxylic acids is 2. The van der Waals surface area contributed by atoms with Gasteiger partial charge < -0.3 is 19.7 Å². The summed E-state index contributed by atoms with van der Waals surface area (Å²) < 4.78 is 8.38. The molecule has 0 bridgehead atoms. The molecule has 2 rings (SSSR count). The van der Waals surface area contributed by atoms with Crippen LogP contribution < -0.4 is 14.8 Å². The first-order valence-electron chi connectivity index (χ1n) is 7.65. The number of benzene rings is 2. The zero-order chi connectivity index (χ0) is 18.2. The standard InChI is InChI=1S/C18H21N3O3S/c1-13-4-9-16(10-17(13)19-18(23)11-21(2)12-22)25-20-14-5-7-15(24-3)8-6-14/h4-10,12,20H,11H2,1-3H3,(H,19,23). The summed E-state index contributed by atoms with van der Waals surface area (Å²) in [4.78, 5) is 24.8.